The van der Waals surface area contributed by atoms with Gasteiger partial charge < -0.3 is 14.2 Å². The number of halogens is 1. The topological polar surface area (TPSA) is 53.5 Å². The van der Waals surface area contributed by atoms with Crippen molar-refractivity contribution in [3.8, 4) is 23.3 Å². The Bertz CT molecular complexity index is 584. The number of hydrogen-bond donors (Lipinski definition) is 0. The Hall–Kier alpha value is -2.01. The Morgan fingerprint density at radius 2 is 2.00 bits per heavy atom. The molecule has 2 aromatic rings. The lowest BCUT2D eigenvalue weighted by Gasteiger charge is -2.05. The molecular formula is C12H9ClN2O3. The smallest absolute Gasteiger partial charge is 0.323 e. The van der Waals surface area contributed by atoms with Crippen LogP contribution in [0.25, 0.3) is 0 Å². The molecule has 0 saturated heterocycles. The van der Waals surface area contributed by atoms with Crippen molar-refractivity contribution in [2.75, 3.05) is 6.79 Å². The molecule has 3 rings (SSSR count). The van der Waals surface area contributed by atoms with Gasteiger partial charge in [0.1, 0.15) is 10.9 Å². The number of benzene rings is 1. The summed E-state index contributed by atoms with van der Waals surface area (Å²) in [5.74, 6) is 1.91. The fourth-order valence-electron chi connectivity index (χ4n) is 1.60. The SMILES string of the molecule is Cc1cc(Cl)nc(Oc2ccc3c(c2)OCO3)n1. The molecule has 0 radical (unpaired) electrons. The van der Waals surface area contributed by atoms with E-state index in [0.717, 1.165) is 5.69 Å². The number of nitrogens with zero attached hydrogens (tertiary/aromatic N) is 2. The van der Waals surface area contributed by atoms with Gasteiger partial charge in [0.05, 0.1) is 0 Å². The Morgan fingerprint density at radius 1 is 1.17 bits per heavy atom. The fraction of sp³-hybridized carbons (Fsp3) is 0.167. The van der Waals surface area contributed by atoms with Crippen LogP contribution in [0.5, 0.6) is 23.3 Å². The van der Waals surface area contributed by atoms with Crippen LogP contribution in [0.1, 0.15) is 5.69 Å². The molecule has 0 atom stereocenters. The highest BCUT2D eigenvalue weighted by molar-refractivity contribution is 6.29. The number of aryl methyl sites for hydroxylation is 1. The summed E-state index contributed by atoms with van der Waals surface area (Å²) in [6.45, 7) is 2.05. The van der Waals surface area contributed by atoms with Gasteiger partial charge in [-0.1, -0.05) is 11.6 Å². The van der Waals surface area contributed by atoms with Crippen LogP contribution in [0, 0.1) is 6.92 Å². The van der Waals surface area contributed by atoms with Gasteiger partial charge >= 0.3 is 6.01 Å². The Balaban J connectivity index is 1.88. The van der Waals surface area contributed by atoms with E-state index < -0.39 is 0 Å². The minimum absolute atomic E-state index is 0.207. The molecule has 0 saturated carbocycles. The zero-order valence-corrected chi connectivity index (χ0v) is 10.3. The molecule has 0 unspecified atom stereocenters. The number of ether oxygens (including phenoxy) is 3. The maximum atomic E-state index is 5.83. The zero-order chi connectivity index (χ0) is 12.5. The first kappa shape index (κ1) is 11.1. The van der Waals surface area contributed by atoms with Crippen LogP contribution < -0.4 is 14.2 Å². The molecular weight excluding hydrogens is 256 g/mol. The average molecular weight is 265 g/mol. The summed E-state index contributed by atoms with van der Waals surface area (Å²) in [5.41, 5.74) is 0.741. The molecule has 0 spiro atoms. The second kappa shape index (κ2) is 4.34. The third-order valence-electron chi connectivity index (χ3n) is 2.36. The first-order valence-corrected chi connectivity index (χ1v) is 5.67. The van der Waals surface area contributed by atoms with Crippen LogP contribution >= 0.6 is 11.6 Å². The van der Waals surface area contributed by atoms with Crippen molar-refractivity contribution in [2.24, 2.45) is 0 Å². The van der Waals surface area contributed by atoms with E-state index in [1.54, 1.807) is 24.3 Å². The molecule has 1 aliphatic rings. The minimum atomic E-state index is 0.207. The van der Waals surface area contributed by atoms with Gasteiger partial charge in [-0.2, -0.15) is 4.98 Å². The summed E-state index contributed by atoms with van der Waals surface area (Å²) >= 11 is 5.83. The Labute approximate surface area is 108 Å². The lowest BCUT2D eigenvalue weighted by Crippen LogP contribution is -1.94. The van der Waals surface area contributed by atoms with Crippen molar-refractivity contribution in [3.63, 3.8) is 0 Å². The van der Waals surface area contributed by atoms with Gasteiger partial charge in [0.2, 0.25) is 6.79 Å². The molecule has 1 aromatic carbocycles. The van der Waals surface area contributed by atoms with Gasteiger partial charge in [0.15, 0.2) is 11.5 Å². The third-order valence-corrected chi connectivity index (χ3v) is 2.55. The average Bonchev–Trinajstić information content (AvgIpc) is 2.74. The highest BCUT2D eigenvalue weighted by Gasteiger charge is 2.14. The lowest BCUT2D eigenvalue weighted by molar-refractivity contribution is 0.174. The number of rotatable bonds is 2. The molecule has 0 aliphatic carbocycles. The minimum Gasteiger partial charge on any atom is -0.454 e. The summed E-state index contributed by atoms with van der Waals surface area (Å²) in [7, 11) is 0. The van der Waals surface area contributed by atoms with E-state index in [4.69, 9.17) is 25.8 Å². The predicted octanol–water partition coefficient (Wildman–Crippen LogP) is 2.96. The largest absolute Gasteiger partial charge is 0.454 e. The number of hydrogen-bond acceptors (Lipinski definition) is 5. The first-order chi connectivity index (χ1) is 8.70. The van der Waals surface area contributed by atoms with Crippen molar-refractivity contribution in [1.29, 1.82) is 0 Å². The van der Waals surface area contributed by atoms with Crippen LogP contribution in [0.3, 0.4) is 0 Å². The molecule has 1 aromatic heterocycles. The van der Waals surface area contributed by atoms with E-state index in [0.29, 0.717) is 22.4 Å². The molecule has 6 heteroatoms. The third kappa shape index (κ3) is 2.17. The second-order valence-corrected chi connectivity index (χ2v) is 4.12. The van der Waals surface area contributed by atoms with Crippen LogP contribution in [-0.2, 0) is 0 Å². The Kier molecular flexibility index (Phi) is 2.68. The van der Waals surface area contributed by atoms with Gasteiger partial charge in [0.25, 0.3) is 0 Å². The summed E-state index contributed by atoms with van der Waals surface area (Å²) in [5, 5.41) is 0.346. The highest BCUT2D eigenvalue weighted by Crippen LogP contribution is 2.36. The molecule has 18 heavy (non-hydrogen) atoms. The molecule has 5 nitrogen and oxygen atoms in total. The van der Waals surface area contributed by atoms with E-state index in [1.807, 2.05) is 6.92 Å². The summed E-state index contributed by atoms with van der Waals surface area (Å²) < 4.78 is 16.0. The van der Waals surface area contributed by atoms with E-state index >= 15 is 0 Å². The van der Waals surface area contributed by atoms with Crippen molar-refractivity contribution in [1.82, 2.24) is 9.97 Å². The summed E-state index contributed by atoms with van der Waals surface area (Å²) in [6, 6.07) is 7.12. The van der Waals surface area contributed by atoms with Crippen molar-refractivity contribution < 1.29 is 14.2 Å². The molecule has 0 bridgehead atoms. The monoisotopic (exact) mass is 264 g/mol. The quantitative estimate of drug-likeness (QED) is 0.781. The molecule has 0 fully saturated rings. The van der Waals surface area contributed by atoms with Crippen molar-refractivity contribution in [3.05, 3.63) is 35.1 Å². The zero-order valence-electron chi connectivity index (χ0n) is 9.51. The van der Waals surface area contributed by atoms with E-state index in [2.05, 4.69) is 9.97 Å². The van der Waals surface area contributed by atoms with Crippen molar-refractivity contribution in [2.45, 2.75) is 6.92 Å². The van der Waals surface area contributed by atoms with Gasteiger partial charge in [-0.15, -0.1) is 0 Å². The summed E-state index contributed by atoms with van der Waals surface area (Å²) in [4.78, 5) is 8.12. The molecule has 2 heterocycles. The standard InChI is InChI=1S/C12H9ClN2O3/c1-7-4-11(13)15-12(14-7)18-8-2-3-9-10(5-8)17-6-16-9/h2-5H,6H2,1H3. The normalized spacial score (nSPS) is 12.6. The fourth-order valence-corrected chi connectivity index (χ4v) is 1.83. The van der Waals surface area contributed by atoms with Gasteiger partial charge in [-0.05, 0) is 25.1 Å². The van der Waals surface area contributed by atoms with E-state index in [1.165, 1.54) is 0 Å². The van der Waals surface area contributed by atoms with E-state index in [-0.39, 0.29) is 12.8 Å². The Morgan fingerprint density at radius 3 is 2.83 bits per heavy atom. The number of aromatic nitrogens is 2. The maximum Gasteiger partial charge on any atom is 0.323 e. The van der Waals surface area contributed by atoms with Gasteiger partial charge in [0, 0.05) is 11.8 Å². The number of fused-ring (bicyclic) bond motifs is 1. The van der Waals surface area contributed by atoms with Crippen LogP contribution in [0.2, 0.25) is 5.15 Å². The predicted molar refractivity (Wildman–Crippen MR) is 64.4 cm³/mol. The molecule has 92 valence electrons. The van der Waals surface area contributed by atoms with Gasteiger partial charge in [-0.25, -0.2) is 4.98 Å². The first-order valence-electron chi connectivity index (χ1n) is 5.29. The van der Waals surface area contributed by atoms with Crippen molar-refractivity contribution >= 4 is 11.6 Å². The lowest BCUT2D eigenvalue weighted by atomic mass is 10.3. The van der Waals surface area contributed by atoms with Gasteiger partial charge in [-0.3, -0.25) is 0 Å². The van der Waals surface area contributed by atoms with Crippen LogP contribution in [0.15, 0.2) is 24.3 Å². The highest BCUT2D eigenvalue weighted by atomic mass is 35.5. The summed E-state index contributed by atoms with van der Waals surface area (Å²) in [6.07, 6.45) is 0. The maximum absolute atomic E-state index is 5.83. The molecule has 0 amide bonds. The second-order valence-electron chi connectivity index (χ2n) is 3.73. The molecule has 1 aliphatic heterocycles. The van der Waals surface area contributed by atoms with Crippen LogP contribution in [-0.4, -0.2) is 16.8 Å². The van der Waals surface area contributed by atoms with Crippen LogP contribution in [0.4, 0.5) is 0 Å². The van der Waals surface area contributed by atoms with E-state index in [9.17, 15) is 0 Å². The molecule has 0 N–H and O–H groups in total.